The Bertz CT molecular complexity index is 412. The highest BCUT2D eigenvalue weighted by Gasteiger charge is 2.28. The van der Waals surface area contributed by atoms with Crippen molar-refractivity contribution in [3.05, 3.63) is 28.0 Å². The van der Waals surface area contributed by atoms with Crippen LogP contribution in [-0.2, 0) is 6.54 Å². The second kappa shape index (κ2) is 5.77. The van der Waals surface area contributed by atoms with E-state index in [0.717, 1.165) is 25.2 Å². The summed E-state index contributed by atoms with van der Waals surface area (Å²) in [7, 11) is 0. The summed E-state index contributed by atoms with van der Waals surface area (Å²) >= 11 is 11.9. The van der Waals surface area contributed by atoms with Crippen molar-refractivity contribution in [3.8, 4) is 0 Å². The van der Waals surface area contributed by atoms with Crippen molar-refractivity contribution in [2.75, 3.05) is 13.1 Å². The number of aromatic nitrogens is 1. The monoisotopic (exact) mass is 286 g/mol. The molecule has 0 N–H and O–H groups in total. The molecule has 100 valence electrons. The van der Waals surface area contributed by atoms with E-state index in [1.807, 2.05) is 12.1 Å². The number of likely N-dealkylation sites (tertiary alicyclic amines) is 1. The van der Waals surface area contributed by atoms with Gasteiger partial charge in [-0.05, 0) is 37.4 Å². The molecule has 0 atom stereocenters. The summed E-state index contributed by atoms with van der Waals surface area (Å²) in [6.45, 7) is 7.84. The summed E-state index contributed by atoms with van der Waals surface area (Å²) < 4.78 is 0. The fourth-order valence-corrected chi connectivity index (χ4v) is 2.81. The Kier molecular flexibility index (Phi) is 4.52. The summed E-state index contributed by atoms with van der Waals surface area (Å²) in [5, 5.41) is 0.993. The average Bonchev–Trinajstić information content (AvgIpc) is 2.36. The minimum atomic E-state index is 0.459. The van der Waals surface area contributed by atoms with E-state index < -0.39 is 0 Å². The van der Waals surface area contributed by atoms with Crippen LogP contribution in [0.1, 0.15) is 38.7 Å². The van der Waals surface area contributed by atoms with Gasteiger partial charge in [0, 0.05) is 12.1 Å². The van der Waals surface area contributed by atoms with E-state index in [9.17, 15) is 0 Å². The molecule has 2 rings (SSSR count). The molecule has 2 heterocycles. The molecule has 0 unspecified atom stereocenters. The van der Waals surface area contributed by atoms with E-state index >= 15 is 0 Å². The van der Waals surface area contributed by atoms with Gasteiger partial charge in [-0.2, -0.15) is 0 Å². The first-order chi connectivity index (χ1) is 8.52. The number of piperidine rings is 1. The van der Waals surface area contributed by atoms with Crippen molar-refractivity contribution in [1.29, 1.82) is 0 Å². The van der Waals surface area contributed by atoms with Crippen LogP contribution < -0.4 is 0 Å². The Labute approximate surface area is 119 Å². The highest BCUT2D eigenvalue weighted by atomic mass is 35.5. The van der Waals surface area contributed by atoms with Crippen molar-refractivity contribution in [3.63, 3.8) is 0 Å². The lowest BCUT2D eigenvalue weighted by Gasteiger charge is -2.39. The van der Waals surface area contributed by atoms with Crippen LogP contribution in [-0.4, -0.2) is 23.0 Å². The van der Waals surface area contributed by atoms with E-state index in [4.69, 9.17) is 23.2 Å². The molecule has 18 heavy (non-hydrogen) atoms. The van der Waals surface area contributed by atoms with E-state index in [0.29, 0.717) is 15.7 Å². The number of hydrogen-bond donors (Lipinski definition) is 0. The van der Waals surface area contributed by atoms with Crippen LogP contribution in [0.3, 0.4) is 0 Å². The van der Waals surface area contributed by atoms with Crippen molar-refractivity contribution in [2.45, 2.75) is 39.7 Å². The molecule has 4 heteroatoms. The largest absolute Gasteiger partial charge is 0.299 e. The molecule has 1 saturated heterocycles. The maximum absolute atomic E-state index is 6.11. The molecule has 0 amide bonds. The summed E-state index contributed by atoms with van der Waals surface area (Å²) in [5.74, 6) is 0. The summed E-state index contributed by atoms with van der Waals surface area (Å²) in [6.07, 6.45) is 3.80. The van der Waals surface area contributed by atoms with Gasteiger partial charge < -0.3 is 0 Å². The molecule has 0 aliphatic carbocycles. The Morgan fingerprint density at radius 2 is 1.94 bits per heavy atom. The van der Waals surface area contributed by atoms with Crippen molar-refractivity contribution < 1.29 is 0 Å². The fraction of sp³-hybridized carbons (Fsp3) is 0.643. The second-order valence-electron chi connectivity index (χ2n) is 5.52. The summed E-state index contributed by atoms with van der Waals surface area (Å²) in [4.78, 5) is 6.54. The molecular weight excluding hydrogens is 267 g/mol. The Morgan fingerprint density at radius 3 is 2.50 bits per heavy atom. The van der Waals surface area contributed by atoms with Gasteiger partial charge in [0.05, 0.1) is 0 Å². The lowest BCUT2D eigenvalue weighted by atomic mass is 9.78. The molecule has 0 radical (unpaired) electrons. The quantitative estimate of drug-likeness (QED) is 0.766. The van der Waals surface area contributed by atoms with Gasteiger partial charge in [0.15, 0.2) is 0 Å². The highest BCUT2D eigenvalue weighted by Crippen LogP contribution is 2.34. The van der Waals surface area contributed by atoms with Crippen LogP contribution in [0.4, 0.5) is 0 Å². The third-order valence-corrected chi connectivity index (χ3v) is 4.74. The predicted molar refractivity (Wildman–Crippen MR) is 77.2 cm³/mol. The maximum Gasteiger partial charge on any atom is 0.135 e. The van der Waals surface area contributed by atoms with Crippen LogP contribution in [0.15, 0.2) is 12.1 Å². The Morgan fingerprint density at radius 1 is 1.28 bits per heavy atom. The summed E-state index contributed by atoms with van der Waals surface area (Å²) in [6, 6.07) is 3.79. The number of nitrogens with zero attached hydrogens (tertiary/aromatic N) is 2. The number of halogens is 2. The van der Waals surface area contributed by atoms with Gasteiger partial charge in [0.1, 0.15) is 10.3 Å². The molecule has 1 aliphatic heterocycles. The van der Waals surface area contributed by atoms with Crippen LogP contribution in [0.25, 0.3) is 0 Å². The smallest absolute Gasteiger partial charge is 0.135 e. The molecule has 1 aliphatic rings. The molecule has 2 nitrogen and oxygen atoms in total. The van der Waals surface area contributed by atoms with E-state index in [-0.39, 0.29) is 0 Å². The zero-order valence-electron chi connectivity index (χ0n) is 11.0. The third kappa shape index (κ3) is 3.37. The molecule has 0 spiro atoms. The normalized spacial score (nSPS) is 20.0. The van der Waals surface area contributed by atoms with E-state index in [1.165, 1.54) is 19.3 Å². The van der Waals surface area contributed by atoms with Crippen molar-refractivity contribution in [1.82, 2.24) is 9.88 Å². The molecule has 0 saturated carbocycles. The molecule has 1 aromatic rings. The first-order valence-electron chi connectivity index (χ1n) is 6.56. The number of pyridine rings is 1. The molecule has 0 aromatic carbocycles. The van der Waals surface area contributed by atoms with Crippen LogP contribution in [0.2, 0.25) is 10.3 Å². The molecular formula is C14H20Cl2N2. The first-order valence-corrected chi connectivity index (χ1v) is 7.31. The Balaban J connectivity index is 1.95. The zero-order valence-corrected chi connectivity index (χ0v) is 12.6. The van der Waals surface area contributed by atoms with Gasteiger partial charge in [0.25, 0.3) is 0 Å². The lowest BCUT2D eigenvalue weighted by molar-refractivity contribution is 0.109. The van der Waals surface area contributed by atoms with Gasteiger partial charge in [-0.25, -0.2) is 4.98 Å². The van der Waals surface area contributed by atoms with Crippen molar-refractivity contribution >= 4 is 23.2 Å². The summed E-state index contributed by atoms with van der Waals surface area (Å²) in [5.41, 5.74) is 1.60. The second-order valence-corrected chi connectivity index (χ2v) is 6.27. The molecule has 1 fully saturated rings. The average molecular weight is 287 g/mol. The molecule has 1 aromatic heterocycles. The lowest BCUT2D eigenvalue weighted by Crippen LogP contribution is -2.38. The Hall–Kier alpha value is -0.310. The van der Waals surface area contributed by atoms with Crippen LogP contribution in [0.5, 0.6) is 0 Å². The van der Waals surface area contributed by atoms with E-state index in [1.54, 1.807) is 0 Å². The van der Waals surface area contributed by atoms with E-state index in [2.05, 4.69) is 23.7 Å². The van der Waals surface area contributed by atoms with Gasteiger partial charge in [-0.15, -0.1) is 0 Å². The third-order valence-electron chi connectivity index (χ3n) is 4.20. The number of rotatable bonds is 3. The van der Waals surface area contributed by atoms with Gasteiger partial charge in [0.2, 0.25) is 0 Å². The van der Waals surface area contributed by atoms with Gasteiger partial charge in [-0.1, -0.05) is 49.5 Å². The minimum Gasteiger partial charge on any atom is -0.299 e. The maximum atomic E-state index is 6.11. The van der Waals surface area contributed by atoms with Gasteiger partial charge >= 0.3 is 0 Å². The standard InChI is InChI=1S/C14H20Cl2N2/c1-3-14(2)6-8-18(9-7-14)10-11-4-5-12(15)17-13(11)16/h4-5H,3,6-10H2,1-2H3. The zero-order chi connectivity index (χ0) is 13.2. The highest BCUT2D eigenvalue weighted by molar-refractivity contribution is 6.32. The predicted octanol–water partition coefficient (Wildman–Crippen LogP) is 4.40. The SMILES string of the molecule is CCC1(C)CCN(Cc2ccc(Cl)nc2Cl)CC1. The fourth-order valence-electron chi connectivity index (χ4n) is 2.40. The minimum absolute atomic E-state index is 0.459. The van der Waals surface area contributed by atoms with Gasteiger partial charge in [-0.3, -0.25) is 4.90 Å². The molecule has 0 bridgehead atoms. The van der Waals surface area contributed by atoms with Crippen molar-refractivity contribution in [2.24, 2.45) is 5.41 Å². The topological polar surface area (TPSA) is 16.1 Å². The van der Waals surface area contributed by atoms with Crippen LogP contribution >= 0.6 is 23.2 Å². The van der Waals surface area contributed by atoms with Crippen LogP contribution in [0, 0.1) is 5.41 Å². The first kappa shape index (κ1) is 14.1. The number of hydrogen-bond acceptors (Lipinski definition) is 2.